The maximum absolute atomic E-state index is 12.5. The van der Waals surface area contributed by atoms with E-state index in [0.29, 0.717) is 36.3 Å². The van der Waals surface area contributed by atoms with Crippen molar-refractivity contribution in [1.82, 2.24) is 4.98 Å². The maximum Gasteiger partial charge on any atom is 0.339 e. The van der Waals surface area contributed by atoms with Crippen molar-refractivity contribution in [3.05, 3.63) is 47.2 Å². The molecule has 2 rings (SSSR count). The minimum Gasteiger partial charge on any atom is -0.490 e. The molecule has 1 aromatic carbocycles. The van der Waals surface area contributed by atoms with E-state index >= 15 is 0 Å². The summed E-state index contributed by atoms with van der Waals surface area (Å²) in [4.78, 5) is 28.6. The van der Waals surface area contributed by atoms with Gasteiger partial charge < -0.3 is 19.5 Å². The van der Waals surface area contributed by atoms with Gasteiger partial charge in [-0.15, -0.1) is 0 Å². The van der Waals surface area contributed by atoms with E-state index in [9.17, 15) is 9.59 Å². The van der Waals surface area contributed by atoms with Crippen molar-refractivity contribution in [2.24, 2.45) is 5.92 Å². The molecular weight excluding hydrogens is 396 g/mol. The van der Waals surface area contributed by atoms with Crippen molar-refractivity contribution in [2.45, 2.75) is 33.8 Å². The van der Waals surface area contributed by atoms with Crippen molar-refractivity contribution in [1.29, 1.82) is 0 Å². The summed E-state index contributed by atoms with van der Waals surface area (Å²) in [6.45, 7) is 8.34. The molecule has 0 aliphatic heterocycles. The highest BCUT2D eigenvalue weighted by atomic mass is 35.5. The molecule has 0 aliphatic carbocycles. The summed E-state index contributed by atoms with van der Waals surface area (Å²) in [5.41, 5.74) is 0.594. The zero-order valence-corrected chi connectivity index (χ0v) is 17.7. The molecule has 1 amide bonds. The van der Waals surface area contributed by atoms with E-state index in [1.54, 1.807) is 30.3 Å². The Morgan fingerprint density at radius 1 is 1.14 bits per heavy atom. The minimum atomic E-state index is -1.04. The second-order valence-corrected chi connectivity index (χ2v) is 7.04. The zero-order valence-electron chi connectivity index (χ0n) is 16.9. The lowest BCUT2D eigenvalue weighted by Gasteiger charge is -2.16. The predicted octanol–water partition coefficient (Wildman–Crippen LogP) is 4.35. The Morgan fingerprint density at radius 2 is 1.90 bits per heavy atom. The van der Waals surface area contributed by atoms with Crippen molar-refractivity contribution < 1.29 is 23.8 Å². The number of pyridine rings is 1. The Hall–Kier alpha value is -2.80. The predicted molar refractivity (Wildman–Crippen MR) is 111 cm³/mol. The van der Waals surface area contributed by atoms with E-state index in [0.717, 1.165) is 0 Å². The number of amides is 1. The second-order valence-electron chi connectivity index (χ2n) is 6.68. The molecule has 0 aliphatic rings. The first-order chi connectivity index (χ1) is 13.8. The topological polar surface area (TPSA) is 86.8 Å². The molecule has 1 N–H and O–H groups in total. The number of hydrogen-bond donors (Lipinski definition) is 1. The van der Waals surface area contributed by atoms with Crippen LogP contribution in [0.3, 0.4) is 0 Å². The van der Waals surface area contributed by atoms with Crippen molar-refractivity contribution in [2.75, 3.05) is 18.5 Å². The van der Waals surface area contributed by atoms with E-state index in [4.69, 9.17) is 25.8 Å². The first kappa shape index (κ1) is 22.5. The largest absolute Gasteiger partial charge is 0.490 e. The van der Waals surface area contributed by atoms with Crippen LogP contribution in [0, 0.1) is 5.92 Å². The number of ether oxygens (including phenoxy) is 3. The molecule has 2 aromatic rings. The van der Waals surface area contributed by atoms with Crippen LogP contribution in [-0.4, -0.2) is 36.2 Å². The van der Waals surface area contributed by atoms with Crippen LogP contribution in [0.5, 0.6) is 11.5 Å². The van der Waals surface area contributed by atoms with Gasteiger partial charge in [-0.3, -0.25) is 4.79 Å². The molecule has 7 nitrogen and oxygen atoms in total. The third kappa shape index (κ3) is 6.64. The van der Waals surface area contributed by atoms with Gasteiger partial charge in [0.05, 0.1) is 24.5 Å². The zero-order chi connectivity index (χ0) is 21.4. The summed E-state index contributed by atoms with van der Waals surface area (Å²) in [7, 11) is 0. The Kier molecular flexibility index (Phi) is 8.27. The van der Waals surface area contributed by atoms with Gasteiger partial charge in [0.15, 0.2) is 22.8 Å². The van der Waals surface area contributed by atoms with Gasteiger partial charge in [-0.1, -0.05) is 25.4 Å². The van der Waals surface area contributed by atoms with Gasteiger partial charge >= 0.3 is 5.97 Å². The number of aromatic nitrogens is 1. The molecule has 0 bridgehead atoms. The molecule has 156 valence electrons. The molecule has 1 heterocycles. The smallest absolute Gasteiger partial charge is 0.339 e. The van der Waals surface area contributed by atoms with Crippen LogP contribution in [0.4, 0.5) is 5.69 Å². The number of hydrogen-bond acceptors (Lipinski definition) is 6. The molecule has 1 aromatic heterocycles. The van der Waals surface area contributed by atoms with Crippen LogP contribution < -0.4 is 14.8 Å². The van der Waals surface area contributed by atoms with Gasteiger partial charge in [-0.25, -0.2) is 9.78 Å². The fraction of sp³-hybridized carbons (Fsp3) is 0.381. The average Bonchev–Trinajstić information content (AvgIpc) is 2.68. The van der Waals surface area contributed by atoms with E-state index in [1.165, 1.54) is 13.1 Å². The van der Waals surface area contributed by atoms with E-state index in [-0.39, 0.29) is 10.7 Å². The monoisotopic (exact) mass is 420 g/mol. The highest BCUT2D eigenvalue weighted by molar-refractivity contribution is 6.32. The maximum atomic E-state index is 12.5. The Balaban J connectivity index is 2.05. The molecule has 0 spiro atoms. The van der Waals surface area contributed by atoms with Gasteiger partial charge in [0.1, 0.15) is 0 Å². The number of carbonyl (C=O) groups is 2. The molecule has 1 atom stereocenters. The van der Waals surface area contributed by atoms with Crippen LogP contribution in [0.1, 0.15) is 38.1 Å². The number of halogens is 1. The molecular formula is C21H25ClN2O5. The number of nitrogens with zero attached hydrogens (tertiary/aromatic N) is 1. The SMILES string of the molecule is CCOc1cc(C(=O)O[C@@H](C)C(=O)Nc2cccnc2Cl)ccc1OCC(C)C. The first-order valence-corrected chi connectivity index (χ1v) is 9.71. The minimum absolute atomic E-state index is 0.151. The van der Waals surface area contributed by atoms with Gasteiger partial charge in [-0.05, 0) is 50.1 Å². The number of anilines is 1. The lowest BCUT2D eigenvalue weighted by atomic mass is 10.2. The van der Waals surface area contributed by atoms with Crippen LogP contribution in [-0.2, 0) is 9.53 Å². The first-order valence-electron chi connectivity index (χ1n) is 9.33. The summed E-state index contributed by atoms with van der Waals surface area (Å²) in [5.74, 6) is 0.175. The van der Waals surface area contributed by atoms with Crippen molar-refractivity contribution in [3.8, 4) is 11.5 Å². The lowest BCUT2D eigenvalue weighted by Crippen LogP contribution is -2.30. The summed E-state index contributed by atoms with van der Waals surface area (Å²) < 4.78 is 16.6. The van der Waals surface area contributed by atoms with E-state index in [2.05, 4.69) is 10.3 Å². The van der Waals surface area contributed by atoms with Crippen molar-refractivity contribution >= 4 is 29.2 Å². The number of nitrogens with one attached hydrogen (secondary N) is 1. The number of esters is 1. The van der Waals surface area contributed by atoms with Crippen molar-refractivity contribution in [3.63, 3.8) is 0 Å². The molecule has 0 radical (unpaired) electrons. The standard InChI is InChI=1S/C21H25ClN2O5/c1-5-27-18-11-15(8-9-17(18)28-12-13(2)3)21(26)29-14(4)20(25)24-16-7-6-10-23-19(16)22/h6-11,13-14H,5,12H2,1-4H3,(H,24,25)/t14-/m0/s1. The van der Waals surface area contributed by atoms with E-state index < -0.39 is 18.0 Å². The highest BCUT2D eigenvalue weighted by Crippen LogP contribution is 2.29. The molecule has 29 heavy (non-hydrogen) atoms. The molecule has 0 fully saturated rings. The number of benzene rings is 1. The normalized spacial score (nSPS) is 11.7. The molecule has 0 unspecified atom stereocenters. The molecule has 0 saturated heterocycles. The summed E-state index contributed by atoms with van der Waals surface area (Å²) in [6.07, 6.45) is 0.470. The van der Waals surface area contributed by atoms with Crippen LogP contribution in [0.2, 0.25) is 5.15 Å². The Labute approximate surface area is 175 Å². The number of carbonyl (C=O) groups excluding carboxylic acids is 2. The van der Waals surface area contributed by atoms with Gasteiger partial charge in [0.2, 0.25) is 0 Å². The second kappa shape index (κ2) is 10.7. The highest BCUT2D eigenvalue weighted by Gasteiger charge is 2.21. The van der Waals surface area contributed by atoms with Crippen LogP contribution in [0.25, 0.3) is 0 Å². The quantitative estimate of drug-likeness (QED) is 0.479. The van der Waals surface area contributed by atoms with Gasteiger partial charge in [-0.2, -0.15) is 0 Å². The lowest BCUT2D eigenvalue weighted by molar-refractivity contribution is -0.123. The molecule has 8 heteroatoms. The Bertz CT molecular complexity index is 857. The summed E-state index contributed by atoms with van der Waals surface area (Å²) in [6, 6.07) is 8.01. The summed E-state index contributed by atoms with van der Waals surface area (Å²) >= 11 is 5.92. The number of rotatable bonds is 9. The fourth-order valence-corrected chi connectivity index (χ4v) is 2.44. The Morgan fingerprint density at radius 3 is 2.55 bits per heavy atom. The van der Waals surface area contributed by atoms with Gasteiger partial charge in [0.25, 0.3) is 5.91 Å². The van der Waals surface area contributed by atoms with E-state index in [1.807, 2.05) is 20.8 Å². The fourth-order valence-electron chi connectivity index (χ4n) is 2.27. The third-order valence-corrected chi connectivity index (χ3v) is 4.02. The van der Waals surface area contributed by atoms with Crippen LogP contribution in [0.15, 0.2) is 36.5 Å². The van der Waals surface area contributed by atoms with Crippen LogP contribution >= 0.6 is 11.6 Å². The average molecular weight is 421 g/mol. The third-order valence-electron chi connectivity index (χ3n) is 3.72. The summed E-state index contributed by atoms with van der Waals surface area (Å²) in [5, 5.41) is 2.73. The van der Waals surface area contributed by atoms with Gasteiger partial charge in [0, 0.05) is 6.20 Å². The molecule has 0 saturated carbocycles.